The monoisotopic (exact) mass is 312 g/mol. The molecule has 0 aliphatic carbocycles. The summed E-state index contributed by atoms with van der Waals surface area (Å²) in [6.07, 6.45) is 0.673. The van der Waals surface area contributed by atoms with E-state index in [4.69, 9.17) is 11.6 Å². The zero-order valence-electron chi connectivity index (χ0n) is 12.6. The Morgan fingerprint density at radius 2 is 1.86 bits per heavy atom. The minimum Gasteiger partial charge on any atom is -0.273 e. The number of hydrogen-bond donors (Lipinski definition) is 0. The summed E-state index contributed by atoms with van der Waals surface area (Å²) < 4.78 is 0. The minimum absolute atomic E-state index is 0.0624. The van der Waals surface area contributed by atoms with Gasteiger partial charge in [-0.2, -0.15) is 5.10 Å². The Kier molecular flexibility index (Phi) is 3.99. The molecule has 0 saturated heterocycles. The summed E-state index contributed by atoms with van der Waals surface area (Å²) in [7, 11) is 0. The standard InChI is InChI=1S/C18H17ClN2O/c1-12-7-9-14(10-8-12)18-11-17(20-21(18)13(2)22)15-5-3-4-6-16(15)19/h3-10,18H,11H2,1-2H3/t18-/m1/s1. The highest BCUT2D eigenvalue weighted by Crippen LogP contribution is 2.34. The number of rotatable bonds is 2. The molecule has 0 saturated carbocycles. The molecule has 0 spiro atoms. The lowest BCUT2D eigenvalue weighted by Gasteiger charge is -2.20. The summed E-state index contributed by atoms with van der Waals surface area (Å²) >= 11 is 6.26. The molecule has 1 atom stereocenters. The highest BCUT2D eigenvalue weighted by atomic mass is 35.5. The fraction of sp³-hybridized carbons (Fsp3) is 0.222. The number of nitrogens with zero attached hydrogens (tertiary/aromatic N) is 2. The molecule has 2 aromatic rings. The molecule has 3 rings (SSSR count). The number of carbonyl (C=O) groups excluding carboxylic acids is 1. The van der Waals surface area contributed by atoms with Gasteiger partial charge in [-0.3, -0.25) is 4.79 Å². The summed E-state index contributed by atoms with van der Waals surface area (Å²) in [6.45, 7) is 3.59. The van der Waals surface area contributed by atoms with E-state index in [9.17, 15) is 4.79 Å². The van der Waals surface area contributed by atoms with Gasteiger partial charge in [-0.1, -0.05) is 59.6 Å². The SMILES string of the molecule is CC(=O)N1N=C(c2ccccc2Cl)C[C@@H]1c1ccc(C)cc1. The average Bonchev–Trinajstić information content (AvgIpc) is 2.93. The first-order chi connectivity index (χ1) is 10.6. The van der Waals surface area contributed by atoms with Crippen LogP contribution in [0.5, 0.6) is 0 Å². The second-order valence-electron chi connectivity index (χ2n) is 5.52. The van der Waals surface area contributed by atoms with Gasteiger partial charge < -0.3 is 0 Å². The Bertz CT molecular complexity index is 737. The molecule has 0 unspecified atom stereocenters. The summed E-state index contributed by atoms with van der Waals surface area (Å²) in [5.41, 5.74) is 4.03. The van der Waals surface area contributed by atoms with Crippen LogP contribution >= 0.6 is 11.6 Å². The van der Waals surface area contributed by atoms with Crippen molar-refractivity contribution in [1.82, 2.24) is 5.01 Å². The third-order valence-electron chi connectivity index (χ3n) is 3.88. The van der Waals surface area contributed by atoms with Gasteiger partial charge in [0.2, 0.25) is 5.91 Å². The smallest absolute Gasteiger partial charge is 0.240 e. The van der Waals surface area contributed by atoms with E-state index in [1.54, 1.807) is 11.9 Å². The molecule has 1 aliphatic heterocycles. The van der Waals surface area contributed by atoms with Crippen LogP contribution in [0.4, 0.5) is 0 Å². The molecular weight excluding hydrogens is 296 g/mol. The maximum Gasteiger partial charge on any atom is 0.240 e. The summed E-state index contributed by atoms with van der Waals surface area (Å²) in [5.74, 6) is -0.0624. The van der Waals surface area contributed by atoms with Crippen molar-refractivity contribution in [1.29, 1.82) is 0 Å². The lowest BCUT2D eigenvalue weighted by Crippen LogP contribution is -2.24. The predicted molar refractivity (Wildman–Crippen MR) is 89.0 cm³/mol. The zero-order valence-corrected chi connectivity index (χ0v) is 13.3. The van der Waals surface area contributed by atoms with Crippen LogP contribution in [0.1, 0.15) is 36.1 Å². The molecule has 0 fully saturated rings. The largest absolute Gasteiger partial charge is 0.273 e. The van der Waals surface area contributed by atoms with Crippen LogP contribution in [0.25, 0.3) is 0 Å². The Morgan fingerprint density at radius 1 is 1.18 bits per heavy atom. The second kappa shape index (κ2) is 5.93. The van der Waals surface area contributed by atoms with Gasteiger partial charge in [-0.25, -0.2) is 5.01 Å². The van der Waals surface area contributed by atoms with Crippen molar-refractivity contribution in [3.05, 3.63) is 70.2 Å². The van der Waals surface area contributed by atoms with Crippen molar-refractivity contribution >= 4 is 23.2 Å². The van der Waals surface area contributed by atoms with Gasteiger partial charge in [0.1, 0.15) is 0 Å². The van der Waals surface area contributed by atoms with E-state index in [2.05, 4.69) is 29.4 Å². The molecule has 3 nitrogen and oxygen atoms in total. The van der Waals surface area contributed by atoms with Gasteiger partial charge in [0.25, 0.3) is 0 Å². The molecule has 22 heavy (non-hydrogen) atoms. The third kappa shape index (κ3) is 2.77. The molecule has 0 bridgehead atoms. The van der Waals surface area contributed by atoms with Gasteiger partial charge >= 0.3 is 0 Å². The molecule has 0 N–H and O–H groups in total. The first-order valence-electron chi connectivity index (χ1n) is 7.25. The number of amides is 1. The molecule has 1 aliphatic rings. The molecule has 2 aromatic carbocycles. The Balaban J connectivity index is 1.96. The molecule has 4 heteroatoms. The first kappa shape index (κ1) is 14.8. The van der Waals surface area contributed by atoms with Crippen molar-refractivity contribution in [2.24, 2.45) is 5.10 Å². The van der Waals surface area contributed by atoms with Crippen molar-refractivity contribution in [3.63, 3.8) is 0 Å². The predicted octanol–water partition coefficient (Wildman–Crippen LogP) is 4.35. The normalized spacial score (nSPS) is 17.5. The van der Waals surface area contributed by atoms with E-state index in [0.717, 1.165) is 16.8 Å². The number of aryl methyl sites for hydroxylation is 1. The second-order valence-corrected chi connectivity index (χ2v) is 5.93. The van der Waals surface area contributed by atoms with Crippen molar-refractivity contribution in [3.8, 4) is 0 Å². The van der Waals surface area contributed by atoms with E-state index in [1.165, 1.54) is 5.56 Å². The zero-order chi connectivity index (χ0) is 15.7. The van der Waals surface area contributed by atoms with Gasteiger partial charge in [-0.15, -0.1) is 0 Å². The van der Waals surface area contributed by atoms with E-state index in [-0.39, 0.29) is 11.9 Å². The average molecular weight is 313 g/mol. The summed E-state index contributed by atoms with van der Waals surface area (Å²) in [4.78, 5) is 11.9. The molecule has 1 heterocycles. The van der Waals surface area contributed by atoms with Crippen LogP contribution in [-0.4, -0.2) is 16.6 Å². The number of benzene rings is 2. The quantitative estimate of drug-likeness (QED) is 0.811. The van der Waals surface area contributed by atoms with Gasteiger partial charge in [0.05, 0.1) is 11.8 Å². The molecule has 0 radical (unpaired) electrons. The highest BCUT2D eigenvalue weighted by Gasteiger charge is 2.31. The molecule has 112 valence electrons. The summed E-state index contributed by atoms with van der Waals surface area (Å²) in [5, 5.41) is 6.74. The van der Waals surface area contributed by atoms with Crippen LogP contribution < -0.4 is 0 Å². The van der Waals surface area contributed by atoms with Gasteiger partial charge in [0, 0.05) is 23.9 Å². The topological polar surface area (TPSA) is 32.7 Å². The van der Waals surface area contributed by atoms with Gasteiger partial charge in [0.15, 0.2) is 0 Å². The van der Waals surface area contributed by atoms with Crippen LogP contribution in [-0.2, 0) is 4.79 Å². The van der Waals surface area contributed by atoms with E-state index >= 15 is 0 Å². The Labute approximate surface area is 135 Å². The summed E-state index contributed by atoms with van der Waals surface area (Å²) in [6, 6.07) is 15.8. The van der Waals surface area contributed by atoms with Crippen LogP contribution in [0, 0.1) is 6.92 Å². The number of carbonyl (C=O) groups is 1. The van der Waals surface area contributed by atoms with Crippen molar-refractivity contribution in [2.45, 2.75) is 26.3 Å². The van der Waals surface area contributed by atoms with Gasteiger partial charge in [-0.05, 0) is 18.6 Å². The maximum absolute atomic E-state index is 11.9. The third-order valence-corrected chi connectivity index (χ3v) is 4.21. The van der Waals surface area contributed by atoms with E-state index in [0.29, 0.717) is 11.4 Å². The minimum atomic E-state index is -0.0654. The van der Waals surface area contributed by atoms with Crippen LogP contribution in [0.2, 0.25) is 5.02 Å². The lowest BCUT2D eigenvalue weighted by molar-refractivity contribution is -0.130. The highest BCUT2D eigenvalue weighted by molar-refractivity contribution is 6.34. The fourth-order valence-corrected chi connectivity index (χ4v) is 2.95. The van der Waals surface area contributed by atoms with Crippen LogP contribution in [0.3, 0.4) is 0 Å². The fourth-order valence-electron chi connectivity index (χ4n) is 2.71. The van der Waals surface area contributed by atoms with Crippen molar-refractivity contribution in [2.75, 3.05) is 0 Å². The van der Waals surface area contributed by atoms with E-state index in [1.807, 2.05) is 31.2 Å². The lowest BCUT2D eigenvalue weighted by atomic mass is 9.98. The Hall–Kier alpha value is -2.13. The number of hydrazone groups is 1. The molecular formula is C18H17ClN2O. The van der Waals surface area contributed by atoms with Crippen molar-refractivity contribution < 1.29 is 4.79 Å². The first-order valence-corrected chi connectivity index (χ1v) is 7.63. The van der Waals surface area contributed by atoms with E-state index < -0.39 is 0 Å². The molecule has 0 aromatic heterocycles. The molecule has 1 amide bonds. The number of halogens is 1. The Morgan fingerprint density at radius 3 is 2.50 bits per heavy atom. The number of hydrogen-bond acceptors (Lipinski definition) is 2. The van der Waals surface area contributed by atoms with Crippen LogP contribution in [0.15, 0.2) is 53.6 Å². The maximum atomic E-state index is 11.9.